The molecule has 2 unspecified atom stereocenters. The minimum atomic E-state index is -1.30. The molecule has 13 heteroatoms. The van der Waals surface area contributed by atoms with Crippen molar-refractivity contribution in [3.8, 4) is 11.5 Å². The summed E-state index contributed by atoms with van der Waals surface area (Å²) in [6.07, 6.45) is 5.29. The van der Waals surface area contributed by atoms with Crippen LogP contribution in [0.15, 0.2) is 41.6 Å². The number of carbonyl (C=O) groups excluding carboxylic acids is 3. The SMILES string of the molecule is CCCCOC(=O)CCCCCOc1cc2c(cc1OC)C(=O)N1CCC[C@H]1C(O)N2C(=O)OCC(C)SSc1ccccn1. The number of methoxy groups -OCH3 is 1. The van der Waals surface area contributed by atoms with E-state index in [1.165, 1.54) is 33.6 Å². The fraction of sp³-hybridized carbons (Fsp3) is 0.562. The van der Waals surface area contributed by atoms with Gasteiger partial charge in [-0.1, -0.05) is 30.2 Å². The summed E-state index contributed by atoms with van der Waals surface area (Å²) in [5, 5.41) is 12.3. The molecule has 2 aromatic rings. The first kappa shape index (κ1) is 34.7. The number of aromatic nitrogens is 1. The second kappa shape index (κ2) is 17.5. The number of fused-ring (bicyclic) bond motifs is 2. The molecule has 11 nitrogen and oxygen atoms in total. The van der Waals surface area contributed by atoms with Crippen LogP contribution in [0.1, 0.15) is 75.6 Å². The highest BCUT2D eigenvalue weighted by atomic mass is 33.1. The average molecular weight is 662 g/mol. The molecule has 3 atom stereocenters. The maximum atomic E-state index is 13.7. The van der Waals surface area contributed by atoms with Crippen LogP contribution in [0.3, 0.4) is 0 Å². The molecule has 0 spiro atoms. The van der Waals surface area contributed by atoms with Gasteiger partial charge in [0.2, 0.25) is 0 Å². The van der Waals surface area contributed by atoms with E-state index in [4.69, 9.17) is 18.9 Å². The third-order valence-electron chi connectivity index (χ3n) is 7.56. The van der Waals surface area contributed by atoms with Crippen molar-refractivity contribution in [3.63, 3.8) is 0 Å². The number of unbranched alkanes of at least 4 members (excludes halogenated alkanes) is 3. The summed E-state index contributed by atoms with van der Waals surface area (Å²) in [6.45, 7) is 5.35. The molecule has 4 rings (SSSR count). The van der Waals surface area contributed by atoms with Gasteiger partial charge in [-0.3, -0.25) is 9.59 Å². The van der Waals surface area contributed by atoms with Gasteiger partial charge in [0.25, 0.3) is 5.91 Å². The van der Waals surface area contributed by atoms with Gasteiger partial charge in [-0.05, 0) is 74.4 Å². The highest BCUT2D eigenvalue weighted by Gasteiger charge is 2.45. The van der Waals surface area contributed by atoms with Crippen molar-refractivity contribution in [1.29, 1.82) is 0 Å². The molecule has 1 saturated heterocycles. The molecule has 0 bridgehead atoms. The van der Waals surface area contributed by atoms with Crippen LogP contribution >= 0.6 is 21.6 Å². The van der Waals surface area contributed by atoms with Crippen molar-refractivity contribution in [1.82, 2.24) is 9.88 Å². The molecular formula is C32H43N3O8S2. The second-order valence-corrected chi connectivity index (χ2v) is 13.6. The Balaban J connectivity index is 1.43. The van der Waals surface area contributed by atoms with Crippen molar-refractivity contribution < 1.29 is 38.4 Å². The predicted octanol–water partition coefficient (Wildman–Crippen LogP) is 6.08. The van der Waals surface area contributed by atoms with Gasteiger partial charge in [-0.15, -0.1) is 0 Å². The Labute approximate surface area is 272 Å². The summed E-state index contributed by atoms with van der Waals surface area (Å²) in [4.78, 5) is 46.2. The van der Waals surface area contributed by atoms with Crippen LogP contribution in [0.5, 0.6) is 11.5 Å². The van der Waals surface area contributed by atoms with Gasteiger partial charge in [0.05, 0.1) is 37.6 Å². The van der Waals surface area contributed by atoms with E-state index >= 15 is 0 Å². The predicted molar refractivity (Wildman–Crippen MR) is 174 cm³/mol. The molecule has 1 aromatic carbocycles. The number of pyridine rings is 1. The Morgan fingerprint density at radius 2 is 1.96 bits per heavy atom. The smallest absolute Gasteiger partial charge is 0.416 e. The lowest BCUT2D eigenvalue weighted by atomic mass is 10.1. The first-order valence-electron chi connectivity index (χ1n) is 15.5. The quantitative estimate of drug-likeness (QED) is 0.128. The Morgan fingerprint density at radius 1 is 1.11 bits per heavy atom. The van der Waals surface area contributed by atoms with Gasteiger partial charge in [-0.2, -0.15) is 0 Å². The molecule has 3 heterocycles. The topological polar surface area (TPSA) is 128 Å². The maximum Gasteiger partial charge on any atom is 0.416 e. The van der Waals surface area contributed by atoms with E-state index in [1.807, 2.05) is 32.0 Å². The van der Waals surface area contributed by atoms with Crippen LogP contribution in [-0.4, -0.2) is 84.0 Å². The number of aliphatic hydroxyl groups is 1. The number of hydrogen-bond donors (Lipinski definition) is 1. The third kappa shape index (κ3) is 9.43. The van der Waals surface area contributed by atoms with E-state index in [-0.39, 0.29) is 35.0 Å². The number of esters is 1. The van der Waals surface area contributed by atoms with Gasteiger partial charge >= 0.3 is 12.1 Å². The second-order valence-electron chi connectivity index (χ2n) is 11.0. The summed E-state index contributed by atoms with van der Waals surface area (Å²) < 4.78 is 22.5. The van der Waals surface area contributed by atoms with Crippen molar-refractivity contribution in [2.24, 2.45) is 0 Å². The fourth-order valence-electron chi connectivity index (χ4n) is 5.17. The van der Waals surface area contributed by atoms with E-state index in [2.05, 4.69) is 4.98 Å². The van der Waals surface area contributed by atoms with Crippen molar-refractivity contribution in [3.05, 3.63) is 42.1 Å². The number of carbonyl (C=O) groups is 3. The lowest BCUT2D eigenvalue weighted by molar-refractivity contribution is -0.143. The maximum absolute atomic E-state index is 13.7. The highest BCUT2D eigenvalue weighted by Crippen LogP contribution is 2.41. The van der Waals surface area contributed by atoms with Gasteiger partial charge in [0.1, 0.15) is 11.6 Å². The zero-order valence-corrected chi connectivity index (χ0v) is 27.8. The Kier molecular flexibility index (Phi) is 13.5. The Bertz CT molecular complexity index is 1280. The molecule has 246 valence electrons. The first-order valence-corrected chi connectivity index (χ1v) is 17.7. The van der Waals surface area contributed by atoms with Crippen molar-refractivity contribution in [2.75, 3.05) is 38.4 Å². The molecule has 2 aliphatic rings. The molecule has 1 fully saturated rings. The van der Waals surface area contributed by atoms with Crippen molar-refractivity contribution >= 4 is 45.2 Å². The molecule has 45 heavy (non-hydrogen) atoms. The van der Waals surface area contributed by atoms with E-state index < -0.39 is 18.4 Å². The minimum absolute atomic E-state index is 0.0675. The van der Waals surface area contributed by atoms with Crippen LogP contribution < -0.4 is 14.4 Å². The molecule has 2 aliphatic heterocycles. The minimum Gasteiger partial charge on any atom is -0.493 e. The number of amides is 2. The average Bonchev–Trinajstić information content (AvgIpc) is 3.52. The highest BCUT2D eigenvalue weighted by molar-refractivity contribution is 8.76. The molecule has 0 saturated carbocycles. The monoisotopic (exact) mass is 661 g/mol. The number of ether oxygens (including phenoxy) is 4. The molecule has 2 amide bonds. The van der Waals surface area contributed by atoms with E-state index in [9.17, 15) is 19.5 Å². The number of anilines is 1. The largest absolute Gasteiger partial charge is 0.493 e. The number of benzene rings is 1. The van der Waals surface area contributed by atoms with E-state index in [0.29, 0.717) is 56.9 Å². The number of aliphatic hydroxyl groups excluding tert-OH is 1. The molecule has 0 aliphatic carbocycles. The first-order chi connectivity index (χ1) is 21.8. The van der Waals surface area contributed by atoms with Crippen LogP contribution in [-0.2, 0) is 14.3 Å². The normalized spacial score (nSPS) is 18.1. The molecule has 0 radical (unpaired) electrons. The molecule has 1 N–H and O–H groups in total. The number of nitrogens with zero attached hydrogens (tertiary/aromatic N) is 3. The summed E-state index contributed by atoms with van der Waals surface area (Å²) in [7, 11) is 4.50. The number of hydrogen-bond acceptors (Lipinski definition) is 11. The van der Waals surface area contributed by atoms with E-state index in [0.717, 1.165) is 30.7 Å². The summed E-state index contributed by atoms with van der Waals surface area (Å²) in [6, 6.07) is 8.24. The molecule has 1 aromatic heterocycles. The van der Waals surface area contributed by atoms with E-state index in [1.54, 1.807) is 23.2 Å². The van der Waals surface area contributed by atoms with Crippen LogP contribution in [0.25, 0.3) is 0 Å². The van der Waals surface area contributed by atoms with Crippen LogP contribution in [0, 0.1) is 0 Å². The fourth-order valence-corrected chi connectivity index (χ4v) is 7.04. The number of rotatable bonds is 16. The third-order valence-corrected chi connectivity index (χ3v) is 10.3. The van der Waals surface area contributed by atoms with Gasteiger partial charge in [-0.25, -0.2) is 14.7 Å². The van der Waals surface area contributed by atoms with Crippen LogP contribution in [0.4, 0.5) is 10.5 Å². The molecular weight excluding hydrogens is 618 g/mol. The van der Waals surface area contributed by atoms with Gasteiger partial charge < -0.3 is 29.0 Å². The summed E-state index contributed by atoms with van der Waals surface area (Å²) in [5.74, 6) is 0.213. The Hall–Kier alpha value is -3.16. The zero-order valence-electron chi connectivity index (χ0n) is 26.1. The zero-order chi connectivity index (χ0) is 32.2. The van der Waals surface area contributed by atoms with Gasteiger partial charge in [0.15, 0.2) is 17.7 Å². The van der Waals surface area contributed by atoms with Gasteiger partial charge in [0, 0.05) is 30.5 Å². The lowest BCUT2D eigenvalue weighted by Crippen LogP contribution is -2.51. The van der Waals surface area contributed by atoms with Crippen LogP contribution in [0.2, 0.25) is 0 Å². The van der Waals surface area contributed by atoms with Crippen molar-refractivity contribution in [2.45, 2.75) is 87.8 Å². The summed E-state index contributed by atoms with van der Waals surface area (Å²) in [5.41, 5.74) is 0.440. The summed E-state index contributed by atoms with van der Waals surface area (Å²) >= 11 is 0. The Morgan fingerprint density at radius 3 is 2.71 bits per heavy atom. The lowest BCUT2D eigenvalue weighted by Gasteiger charge is -2.32. The standard InChI is InChI=1S/C32H43N3O8S2/c1-4-5-17-42-29(36)14-7-6-10-18-41-27-20-25-23(19-26(27)40-3)30(37)34-16-11-12-24(34)31(38)35(25)32(39)43-21-22(2)44-45-28-13-8-9-15-33-28/h8-9,13,15,19-20,22,24,31,38H,4-7,10-12,14,16-18,21H2,1-3H3/t22?,24-,31?/m0/s1.